The molecule has 0 bridgehead atoms. The number of hydrogen-bond acceptors (Lipinski definition) is 4. The second-order valence-electron chi connectivity index (χ2n) is 8.33. The second-order valence-corrected chi connectivity index (χ2v) is 8.33. The van der Waals surface area contributed by atoms with Crippen LogP contribution in [0.3, 0.4) is 0 Å². The summed E-state index contributed by atoms with van der Waals surface area (Å²) in [5, 5.41) is 16.4. The zero-order valence-corrected chi connectivity index (χ0v) is 18.3. The molecule has 5 rings (SSSR count). The number of ether oxygens (including phenoxy) is 2. The van der Waals surface area contributed by atoms with Crippen molar-refractivity contribution in [2.75, 3.05) is 20.3 Å². The molecular formula is C24H22F3N3O4. The van der Waals surface area contributed by atoms with Gasteiger partial charge >= 0.3 is 5.97 Å². The van der Waals surface area contributed by atoms with Crippen molar-refractivity contribution >= 4 is 27.8 Å². The maximum absolute atomic E-state index is 15.8. The van der Waals surface area contributed by atoms with Crippen LogP contribution in [0.15, 0.2) is 30.5 Å². The smallest absolute Gasteiger partial charge is 0.338 e. The Morgan fingerprint density at radius 3 is 2.79 bits per heavy atom. The average molecular weight is 473 g/mol. The first-order valence-electron chi connectivity index (χ1n) is 10.9. The maximum atomic E-state index is 15.8. The molecule has 1 atom stereocenters. The largest absolute Gasteiger partial charge is 0.494 e. The molecule has 178 valence electrons. The van der Waals surface area contributed by atoms with E-state index in [-0.39, 0.29) is 28.1 Å². The minimum absolute atomic E-state index is 0.00223. The molecule has 0 radical (unpaired) electrons. The van der Waals surface area contributed by atoms with Crippen molar-refractivity contribution in [2.45, 2.75) is 31.4 Å². The van der Waals surface area contributed by atoms with Gasteiger partial charge in [-0.1, -0.05) is 0 Å². The van der Waals surface area contributed by atoms with Gasteiger partial charge in [-0.2, -0.15) is 5.10 Å². The lowest BCUT2D eigenvalue weighted by Crippen LogP contribution is -2.21. The fourth-order valence-corrected chi connectivity index (χ4v) is 4.83. The number of carboxylic acid groups (broad SMARTS) is 1. The quantitative estimate of drug-likeness (QED) is 0.426. The first-order chi connectivity index (χ1) is 16.4. The van der Waals surface area contributed by atoms with E-state index in [0.717, 1.165) is 0 Å². The average Bonchev–Trinajstić information content (AvgIpc) is 3.43. The van der Waals surface area contributed by atoms with E-state index in [1.54, 1.807) is 10.6 Å². The summed E-state index contributed by atoms with van der Waals surface area (Å²) in [6, 6.07) is 5.98. The van der Waals surface area contributed by atoms with E-state index in [1.165, 1.54) is 31.5 Å². The number of aromatic nitrogens is 3. The van der Waals surface area contributed by atoms with Crippen LogP contribution in [0.25, 0.3) is 27.5 Å². The monoisotopic (exact) mass is 473 g/mol. The molecule has 1 fully saturated rings. The topological polar surface area (TPSA) is 89.4 Å². The molecule has 0 saturated carbocycles. The number of methoxy groups -OCH3 is 1. The van der Waals surface area contributed by atoms with Gasteiger partial charge in [-0.3, -0.25) is 5.10 Å². The van der Waals surface area contributed by atoms with E-state index in [1.807, 2.05) is 0 Å². The maximum Gasteiger partial charge on any atom is 0.338 e. The van der Waals surface area contributed by atoms with Crippen molar-refractivity contribution in [3.8, 4) is 11.4 Å². The van der Waals surface area contributed by atoms with E-state index >= 15 is 4.39 Å². The summed E-state index contributed by atoms with van der Waals surface area (Å²) >= 11 is 0. The third kappa shape index (κ3) is 3.58. The fraction of sp³-hybridized carbons (Fsp3) is 0.333. The molecule has 2 aromatic heterocycles. The number of nitrogens with one attached hydrogen (secondary N) is 1. The Morgan fingerprint density at radius 1 is 1.32 bits per heavy atom. The highest BCUT2D eigenvalue weighted by molar-refractivity contribution is 5.99. The third-order valence-electron chi connectivity index (χ3n) is 6.40. The van der Waals surface area contributed by atoms with E-state index < -0.39 is 30.2 Å². The second kappa shape index (κ2) is 8.68. The van der Waals surface area contributed by atoms with Gasteiger partial charge in [0.1, 0.15) is 5.52 Å². The number of aliphatic carboxylic acids is 1. The highest BCUT2D eigenvalue weighted by Gasteiger charge is 2.32. The van der Waals surface area contributed by atoms with Gasteiger partial charge in [-0.25, -0.2) is 18.0 Å². The van der Waals surface area contributed by atoms with E-state index in [0.29, 0.717) is 48.3 Å². The summed E-state index contributed by atoms with van der Waals surface area (Å²) < 4.78 is 57.1. The normalized spacial score (nSPS) is 15.8. The number of carboxylic acids is 1. The Labute approximate surface area is 192 Å². The Morgan fingerprint density at radius 2 is 2.09 bits per heavy atom. The first-order valence-corrected chi connectivity index (χ1v) is 10.9. The molecule has 3 heterocycles. The van der Waals surface area contributed by atoms with Crippen LogP contribution in [-0.4, -0.2) is 52.3 Å². The number of hydrogen-bond donors (Lipinski definition) is 2. The van der Waals surface area contributed by atoms with Gasteiger partial charge in [0.25, 0.3) is 0 Å². The van der Waals surface area contributed by atoms with Crippen LogP contribution >= 0.6 is 0 Å². The molecule has 4 aromatic rings. The van der Waals surface area contributed by atoms with Crippen molar-refractivity contribution < 1.29 is 32.5 Å². The van der Waals surface area contributed by atoms with Crippen molar-refractivity contribution in [2.24, 2.45) is 0 Å². The summed E-state index contributed by atoms with van der Waals surface area (Å²) in [5.41, 5.74) is 1.91. The van der Waals surface area contributed by atoms with Gasteiger partial charge in [0.05, 0.1) is 18.8 Å². The van der Waals surface area contributed by atoms with Crippen LogP contribution in [-0.2, 0) is 16.0 Å². The number of alkyl halides is 1. The molecule has 1 aliphatic rings. The highest BCUT2D eigenvalue weighted by atomic mass is 19.1. The number of carbonyl (C=O) groups is 1. The SMILES string of the molecule is COc1cc(-n2c(C3CCOCC3)c(C[C@@H](F)C(=O)O)c3c(F)c4[nH]ncc4cc32)ccc1F. The molecule has 0 aliphatic carbocycles. The van der Waals surface area contributed by atoms with Gasteiger partial charge in [0.15, 0.2) is 17.4 Å². The summed E-state index contributed by atoms with van der Waals surface area (Å²) in [6.07, 6.45) is -0.0826. The molecule has 1 aliphatic heterocycles. The summed E-state index contributed by atoms with van der Waals surface area (Å²) in [5.74, 6) is -2.97. The fourth-order valence-electron chi connectivity index (χ4n) is 4.83. The Bertz CT molecular complexity index is 1390. The first kappa shape index (κ1) is 22.3. The van der Waals surface area contributed by atoms with Crippen LogP contribution in [0.5, 0.6) is 5.75 Å². The van der Waals surface area contributed by atoms with Crippen molar-refractivity contribution in [1.82, 2.24) is 14.8 Å². The lowest BCUT2D eigenvalue weighted by molar-refractivity contribution is -0.142. The van der Waals surface area contributed by atoms with E-state index in [4.69, 9.17) is 9.47 Å². The van der Waals surface area contributed by atoms with Crippen LogP contribution in [0, 0.1) is 11.6 Å². The number of H-pyrrole nitrogens is 1. The van der Waals surface area contributed by atoms with Crippen molar-refractivity contribution in [1.29, 1.82) is 0 Å². The standard InChI is InChI=1S/C24H22F3N3O4/c1-33-19-9-14(2-3-16(19)25)30-18-8-13-11-28-29-22(13)21(27)20(18)15(10-17(26)24(31)32)23(30)12-4-6-34-7-5-12/h2-3,8-9,11-12,17H,4-7,10H2,1H3,(H,28,29)(H,31,32)/t17-/m1/s1. The van der Waals surface area contributed by atoms with Crippen LogP contribution < -0.4 is 4.74 Å². The molecular weight excluding hydrogens is 451 g/mol. The number of fused-ring (bicyclic) bond motifs is 2. The van der Waals surface area contributed by atoms with Crippen LogP contribution in [0.2, 0.25) is 0 Å². The van der Waals surface area contributed by atoms with Crippen molar-refractivity contribution in [3.63, 3.8) is 0 Å². The zero-order chi connectivity index (χ0) is 24.0. The summed E-state index contributed by atoms with van der Waals surface area (Å²) in [4.78, 5) is 11.4. The molecule has 0 spiro atoms. The van der Waals surface area contributed by atoms with E-state index in [9.17, 15) is 18.7 Å². The molecule has 7 nitrogen and oxygen atoms in total. The number of rotatable bonds is 6. The molecule has 1 saturated heterocycles. The Hall–Kier alpha value is -3.53. The van der Waals surface area contributed by atoms with Gasteiger partial charge < -0.3 is 19.1 Å². The van der Waals surface area contributed by atoms with Gasteiger partial charge in [0, 0.05) is 53.8 Å². The lowest BCUT2D eigenvalue weighted by atomic mass is 9.90. The summed E-state index contributed by atoms with van der Waals surface area (Å²) in [7, 11) is 1.34. The van der Waals surface area contributed by atoms with Gasteiger partial charge in [0.2, 0.25) is 6.17 Å². The molecule has 2 aromatic carbocycles. The summed E-state index contributed by atoms with van der Waals surface area (Å²) in [6.45, 7) is 0.924. The van der Waals surface area contributed by atoms with Crippen LogP contribution in [0.1, 0.15) is 30.0 Å². The zero-order valence-electron chi connectivity index (χ0n) is 18.3. The lowest BCUT2D eigenvalue weighted by Gasteiger charge is -2.26. The Kier molecular flexibility index (Phi) is 5.68. The molecule has 0 amide bonds. The molecule has 10 heteroatoms. The molecule has 0 unspecified atom stereocenters. The minimum Gasteiger partial charge on any atom is -0.494 e. The number of halogens is 3. The number of nitrogens with zero attached hydrogens (tertiary/aromatic N) is 2. The van der Waals surface area contributed by atoms with Gasteiger partial charge in [-0.05, 0) is 36.6 Å². The predicted octanol–water partition coefficient (Wildman–Crippen LogP) is 4.65. The molecule has 34 heavy (non-hydrogen) atoms. The predicted molar refractivity (Wildman–Crippen MR) is 118 cm³/mol. The molecule has 2 N–H and O–H groups in total. The highest BCUT2D eigenvalue weighted by Crippen LogP contribution is 2.42. The Balaban J connectivity index is 1.89. The van der Waals surface area contributed by atoms with Crippen LogP contribution in [0.4, 0.5) is 13.2 Å². The van der Waals surface area contributed by atoms with E-state index in [2.05, 4.69) is 10.2 Å². The van der Waals surface area contributed by atoms with Gasteiger partial charge in [-0.15, -0.1) is 0 Å². The number of aromatic amines is 1. The minimum atomic E-state index is -2.22. The third-order valence-corrected chi connectivity index (χ3v) is 6.40. The number of benzene rings is 2. The van der Waals surface area contributed by atoms with Crippen molar-refractivity contribution in [3.05, 3.63) is 53.4 Å².